The van der Waals surface area contributed by atoms with Crippen LogP contribution in [0, 0.1) is 19.7 Å². The van der Waals surface area contributed by atoms with E-state index >= 15 is 4.39 Å². The first kappa shape index (κ1) is 29.4. The molecule has 10 heteroatoms. The molecule has 1 aliphatic carbocycles. The van der Waals surface area contributed by atoms with Crippen LogP contribution in [0.1, 0.15) is 52.5 Å². The molecule has 2 heterocycles. The van der Waals surface area contributed by atoms with Gasteiger partial charge in [0.25, 0.3) is 0 Å². The van der Waals surface area contributed by atoms with Crippen LogP contribution in [-0.2, 0) is 26.0 Å². The van der Waals surface area contributed by atoms with Gasteiger partial charge in [0.05, 0.1) is 46.1 Å². The minimum Gasteiger partial charge on any atom is -0.493 e. The van der Waals surface area contributed by atoms with Crippen LogP contribution in [0.4, 0.5) is 4.39 Å². The van der Waals surface area contributed by atoms with Gasteiger partial charge in [-0.15, -0.1) is 0 Å². The summed E-state index contributed by atoms with van der Waals surface area (Å²) in [6.45, 7) is 5.51. The van der Waals surface area contributed by atoms with E-state index in [2.05, 4.69) is 0 Å². The molecule has 3 aromatic rings. The van der Waals surface area contributed by atoms with Gasteiger partial charge in [0.1, 0.15) is 29.2 Å². The van der Waals surface area contributed by atoms with E-state index in [1.807, 2.05) is 50.2 Å². The summed E-state index contributed by atoms with van der Waals surface area (Å²) >= 11 is 0. The number of esters is 1. The molecule has 1 unspecified atom stereocenters. The van der Waals surface area contributed by atoms with Crippen molar-refractivity contribution >= 4 is 16.0 Å². The van der Waals surface area contributed by atoms with Crippen molar-refractivity contribution < 1.29 is 36.6 Å². The Balaban J connectivity index is 1.17. The third-order valence-electron chi connectivity index (χ3n) is 8.77. The molecular weight excluding hydrogens is 573 g/mol. The van der Waals surface area contributed by atoms with Crippen LogP contribution in [0.3, 0.4) is 0 Å². The van der Waals surface area contributed by atoms with Gasteiger partial charge >= 0.3 is 5.97 Å². The molecule has 0 bridgehead atoms. The van der Waals surface area contributed by atoms with Crippen molar-refractivity contribution in [1.82, 2.24) is 4.31 Å². The number of ether oxygens (including phenoxy) is 4. The van der Waals surface area contributed by atoms with E-state index in [9.17, 15) is 13.2 Å². The summed E-state index contributed by atoms with van der Waals surface area (Å²) in [7, 11) is -1.82. The van der Waals surface area contributed by atoms with Crippen LogP contribution in [0.5, 0.6) is 17.2 Å². The predicted octanol–water partition coefficient (Wildman–Crippen LogP) is 5.28. The number of rotatable bonds is 9. The minimum absolute atomic E-state index is 0.0401. The Hall–Kier alpha value is -3.63. The minimum atomic E-state index is -3.20. The summed E-state index contributed by atoms with van der Waals surface area (Å²) in [6.07, 6.45) is 2.83. The van der Waals surface area contributed by atoms with E-state index in [-0.39, 0.29) is 36.1 Å². The lowest BCUT2D eigenvalue weighted by molar-refractivity contribution is -0.141. The lowest BCUT2D eigenvalue weighted by atomic mass is 9.89. The van der Waals surface area contributed by atoms with Crippen molar-refractivity contribution in [1.29, 1.82) is 0 Å². The van der Waals surface area contributed by atoms with Crippen molar-refractivity contribution in [3.05, 3.63) is 76.1 Å². The summed E-state index contributed by atoms with van der Waals surface area (Å²) in [5, 5.41) is 0. The highest BCUT2D eigenvalue weighted by molar-refractivity contribution is 7.88. The monoisotopic (exact) mass is 609 g/mol. The van der Waals surface area contributed by atoms with Gasteiger partial charge in [-0.1, -0.05) is 12.1 Å². The van der Waals surface area contributed by atoms with Gasteiger partial charge in [-0.2, -0.15) is 4.31 Å². The van der Waals surface area contributed by atoms with E-state index in [1.54, 1.807) is 6.07 Å². The normalized spacial score (nSPS) is 19.7. The fourth-order valence-electron chi connectivity index (χ4n) is 6.56. The van der Waals surface area contributed by atoms with Crippen molar-refractivity contribution in [2.75, 3.05) is 39.7 Å². The zero-order valence-corrected chi connectivity index (χ0v) is 25.6. The Labute approximate surface area is 251 Å². The average Bonchev–Trinajstić information content (AvgIpc) is 3.54. The van der Waals surface area contributed by atoms with Crippen LogP contribution in [0.15, 0.2) is 42.5 Å². The van der Waals surface area contributed by atoms with Crippen molar-refractivity contribution in [3.8, 4) is 28.4 Å². The zero-order chi connectivity index (χ0) is 30.5. The Morgan fingerprint density at radius 1 is 1.05 bits per heavy atom. The highest BCUT2D eigenvalue weighted by Crippen LogP contribution is 2.44. The quantitative estimate of drug-likeness (QED) is 0.305. The summed E-state index contributed by atoms with van der Waals surface area (Å²) in [4.78, 5) is 11.7. The third kappa shape index (κ3) is 5.82. The van der Waals surface area contributed by atoms with Crippen LogP contribution < -0.4 is 14.2 Å². The Morgan fingerprint density at radius 3 is 2.49 bits per heavy atom. The Morgan fingerprint density at radius 2 is 1.79 bits per heavy atom. The van der Waals surface area contributed by atoms with Gasteiger partial charge in [-0.25, -0.2) is 12.8 Å². The topological polar surface area (TPSA) is 91.4 Å². The van der Waals surface area contributed by atoms with Crippen LogP contribution in [-0.4, -0.2) is 64.5 Å². The van der Waals surface area contributed by atoms with Crippen molar-refractivity contribution in [2.24, 2.45) is 0 Å². The first-order valence-corrected chi connectivity index (χ1v) is 16.4. The predicted molar refractivity (Wildman–Crippen MR) is 160 cm³/mol. The van der Waals surface area contributed by atoms with Gasteiger partial charge in [-0.05, 0) is 84.3 Å². The molecule has 43 heavy (non-hydrogen) atoms. The van der Waals surface area contributed by atoms with E-state index in [0.29, 0.717) is 49.1 Å². The fourth-order valence-corrected chi connectivity index (χ4v) is 7.44. The van der Waals surface area contributed by atoms with Crippen molar-refractivity contribution in [3.63, 3.8) is 0 Å². The maximum absolute atomic E-state index is 15.3. The first-order chi connectivity index (χ1) is 20.5. The van der Waals surface area contributed by atoms with E-state index < -0.39 is 10.0 Å². The van der Waals surface area contributed by atoms with E-state index in [0.717, 1.165) is 46.2 Å². The molecule has 0 N–H and O–H groups in total. The van der Waals surface area contributed by atoms with Gasteiger partial charge in [-0.3, -0.25) is 4.79 Å². The highest BCUT2D eigenvalue weighted by Gasteiger charge is 2.35. The van der Waals surface area contributed by atoms with Gasteiger partial charge in [0.2, 0.25) is 10.0 Å². The number of halogens is 1. The molecule has 0 spiro atoms. The molecule has 3 aliphatic rings. The Kier molecular flexibility index (Phi) is 7.85. The maximum Gasteiger partial charge on any atom is 0.306 e. The smallest absolute Gasteiger partial charge is 0.306 e. The molecule has 2 atom stereocenters. The summed E-state index contributed by atoms with van der Waals surface area (Å²) in [5.41, 5.74) is 6.81. The molecule has 6 rings (SSSR count). The molecule has 1 saturated heterocycles. The van der Waals surface area contributed by atoms with Gasteiger partial charge in [0, 0.05) is 23.5 Å². The molecule has 1 fully saturated rings. The lowest BCUT2D eigenvalue weighted by Gasteiger charge is -2.37. The van der Waals surface area contributed by atoms with E-state index in [1.165, 1.54) is 17.7 Å². The number of carbonyl (C=O) groups excluding carboxylic acids is 1. The second kappa shape index (κ2) is 11.5. The summed E-state index contributed by atoms with van der Waals surface area (Å²) in [6, 6.07) is 13.0. The number of nitrogens with zero attached hydrogens (tertiary/aromatic N) is 1. The number of benzene rings is 3. The average molecular weight is 610 g/mol. The lowest BCUT2D eigenvalue weighted by Crippen LogP contribution is -2.55. The molecule has 3 aromatic carbocycles. The van der Waals surface area contributed by atoms with Crippen molar-refractivity contribution in [2.45, 2.75) is 51.0 Å². The Bertz CT molecular complexity index is 1660. The highest BCUT2D eigenvalue weighted by atomic mass is 32.2. The number of sulfonamides is 1. The molecule has 228 valence electrons. The number of hydrogen-bond acceptors (Lipinski definition) is 7. The number of fused-ring (bicyclic) bond motifs is 2. The molecule has 0 radical (unpaired) electrons. The van der Waals surface area contributed by atoms with Gasteiger partial charge in [0.15, 0.2) is 0 Å². The maximum atomic E-state index is 15.3. The third-order valence-corrected chi connectivity index (χ3v) is 10.0. The van der Waals surface area contributed by atoms with Crippen LogP contribution in [0.25, 0.3) is 11.1 Å². The molecule has 8 nitrogen and oxygen atoms in total. The second-order valence-corrected chi connectivity index (χ2v) is 13.8. The first-order valence-electron chi connectivity index (χ1n) is 14.5. The standard InChI is InChI=1S/C33H36FNO7S/c1-19-11-24(42-25-15-35(16-25)43(4,37)38)12-20(2)32(19)27-9-10-29(34)33-21(5-7-28(27)33)17-40-23-6-8-26-22(13-31(36)39-3)18-41-30(26)14-23/h6,8-12,14,21-22,25H,5,7,13,15-18H2,1-4H3/t21?,22-/m1/s1. The van der Waals surface area contributed by atoms with Crippen LogP contribution >= 0.6 is 0 Å². The molecule has 0 aromatic heterocycles. The number of aryl methyl sites for hydroxylation is 2. The van der Waals surface area contributed by atoms with E-state index in [4.69, 9.17) is 18.9 Å². The number of hydrogen-bond donors (Lipinski definition) is 0. The molecular formula is C33H36FNO7S. The SMILES string of the molecule is COC(=O)C[C@@H]1COc2cc(OCC3CCc4c(-c5c(C)cc(OC6CN(S(C)(=O)=O)C6)cc5C)ccc(F)c43)ccc21. The zero-order valence-electron chi connectivity index (χ0n) is 24.8. The van der Waals surface area contributed by atoms with Gasteiger partial charge < -0.3 is 18.9 Å². The molecule has 0 saturated carbocycles. The summed E-state index contributed by atoms with van der Waals surface area (Å²) in [5.74, 6) is 1.44. The molecule has 2 aliphatic heterocycles. The number of carbonyl (C=O) groups is 1. The summed E-state index contributed by atoms with van der Waals surface area (Å²) < 4.78 is 62.9. The van der Waals surface area contributed by atoms with Crippen LogP contribution in [0.2, 0.25) is 0 Å². The fraction of sp³-hybridized carbons (Fsp3) is 0.424. The molecule has 0 amide bonds. The largest absolute Gasteiger partial charge is 0.493 e. The second-order valence-electron chi connectivity index (χ2n) is 11.8. The number of methoxy groups -OCH3 is 1.